The Bertz CT molecular complexity index is 587. The van der Waals surface area contributed by atoms with Gasteiger partial charge in [0.2, 0.25) is 5.75 Å². The molecule has 1 aromatic rings. The summed E-state index contributed by atoms with van der Waals surface area (Å²) in [5.74, 6) is -0.387. The van der Waals surface area contributed by atoms with Crippen molar-refractivity contribution in [3.05, 3.63) is 35.4 Å². The molecule has 0 heterocycles. The van der Waals surface area contributed by atoms with Crippen LogP contribution in [-0.2, 0) is 4.79 Å². The molecule has 0 aliphatic heterocycles. The number of primary amides is 1. The number of nitrogens with two attached hydrogens (primary N) is 1. The zero-order valence-electron chi connectivity index (χ0n) is 11.1. The third-order valence-corrected chi connectivity index (χ3v) is 2.44. The molecule has 0 radical (unpaired) electrons. The van der Waals surface area contributed by atoms with E-state index < -0.39 is 5.91 Å². The van der Waals surface area contributed by atoms with Gasteiger partial charge in [-0.1, -0.05) is 12.2 Å². The van der Waals surface area contributed by atoms with Crippen molar-refractivity contribution in [2.24, 2.45) is 5.73 Å². The van der Waals surface area contributed by atoms with Crippen LogP contribution in [-0.4, -0.2) is 25.2 Å². The van der Waals surface area contributed by atoms with Gasteiger partial charge < -0.3 is 20.3 Å². The van der Waals surface area contributed by atoms with Crippen LogP contribution in [0.25, 0.3) is 6.08 Å². The Morgan fingerprint density at radius 1 is 1.35 bits per heavy atom. The van der Waals surface area contributed by atoms with Gasteiger partial charge in [0.1, 0.15) is 11.6 Å². The number of rotatable bonds is 5. The molecule has 1 rings (SSSR count). The number of phenols is 1. The number of ether oxygens (including phenoxy) is 2. The van der Waals surface area contributed by atoms with E-state index in [2.05, 4.69) is 0 Å². The molecular weight excluding hydrogens is 260 g/mol. The zero-order chi connectivity index (χ0) is 15.1. The lowest BCUT2D eigenvalue weighted by Gasteiger charge is -2.09. The molecule has 0 aliphatic carbocycles. The topological polar surface area (TPSA) is 106 Å². The molecule has 3 N–H and O–H groups in total. The molecule has 0 saturated carbocycles. The molecule has 0 unspecified atom stereocenters. The van der Waals surface area contributed by atoms with E-state index >= 15 is 0 Å². The maximum atomic E-state index is 10.8. The molecule has 0 atom stereocenters. The van der Waals surface area contributed by atoms with E-state index in [1.807, 2.05) is 0 Å². The summed E-state index contributed by atoms with van der Waals surface area (Å²) in [7, 11) is 2.84. The van der Waals surface area contributed by atoms with Crippen LogP contribution < -0.4 is 15.2 Å². The quantitative estimate of drug-likeness (QED) is 0.479. The van der Waals surface area contributed by atoms with E-state index in [0.29, 0.717) is 5.56 Å². The number of carbonyl (C=O) groups excluding carboxylic acids is 1. The minimum atomic E-state index is -0.794. The highest BCUT2D eigenvalue weighted by molar-refractivity contribution is 5.96. The number of hydrogen-bond donors (Lipinski definition) is 2. The lowest BCUT2D eigenvalue weighted by Crippen LogP contribution is -2.12. The largest absolute Gasteiger partial charge is 0.502 e. The first-order valence-corrected chi connectivity index (χ1v) is 5.56. The van der Waals surface area contributed by atoms with Crippen molar-refractivity contribution in [1.29, 1.82) is 5.26 Å². The number of nitrogens with zero attached hydrogens (tertiary/aromatic N) is 1. The summed E-state index contributed by atoms with van der Waals surface area (Å²) >= 11 is 0. The molecule has 0 bridgehead atoms. The lowest BCUT2D eigenvalue weighted by molar-refractivity contribution is -0.114. The Labute approximate surface area is 116 Å². The third-order valence-electron chi connectivity index (χ3n) is 2.44. The van der Waals surface area contributed by atoms with E-state index in [9.17, 15) is 9.90 Å². The summed E-state index contributed by atoms with van der Waals surface area (Å²) in [5.41, 5.74) is 5.51. The van der Waals surface area contributed by atoms with Crippen LogP contribution in [0.1, 0.15) is 5.56 Å². The van der Waals surface area contributed by atoms with Crippen LogP contribution in [0, 0.1) is 11.3 Å². The molecule has 0 spiro atoms. The number of nitriles is 1. The monoisotopic (exact) mass is 274 g/mol. The van der Waals surface area contributed by atoms with Crippen molar-refractivity contribution < 1.29 is 19.4 Å². The molecule has 0 aliphatic rings. The Morgan fingerprint density at radius 3 is 2.30 bits per heavy atom. The van der Waals surface area contributed by atoms with Gasteiger partial charge in [0, 0.05) is 0 Å². The minimum Gasteiger partial charge on any atom is -0.502 e. The number of carbonyl (C=O) groups is 1. The van der Waals surface area contributed by atoms with Crippen molar-refractivity contribution in [2.45, 2.75) is 0 Å². The normalized spacial score (nSPS) is 11.2. The number of benzene rings is 1. The first-order valence-electron chi connectivity index (χ1n) is 5.56. The maximum Gasteiger partial charge on any atom is 0.259 e. The van der Waals surface area contributed by atoms with Gasteiger partial charge in [-0.25, -0.2) is 0 Å². The van der Waals surface area contributed by atoms with Gasteiger partial charge in [-0.2, -0.15) is 5.26 Å². The van der Waals surface area contributed by atoms with E-state index in [4.69, 9.17) is 20.5 Å². The molecule has 20 heavy (non-hydrogen) atoms. The fourth-order valence-electron chi connectivity index (χ4n) is 1.44. The number of aromatic hydroxyl groups is 1. The van der Waals surface area contributed by atoms with Crippen LogP contribution >= 0.6 is 0 Å². The maximum absolute atomic E-state index is 10.8. The fraction of sp³-hybridized carbons (Fsp3) is 0.143. The highest BCUT2D eigenvalue weighted by atomic mass is 16.5. The van der Waals surface area contributed by atoms with Crippen molar-refractivity contribution in [2.75, 3.05) is 14.2 Å². The summed E-state index contributed by atoms with van der Waals surface area (Å²) < 4.78 is 10.0. The summed E-state index contributed by atoms with van der Waals surface area (Å²) in [6, 6.07) is 4.85. The fourth-order valence-corrected chi connectivity index (χ4v) is 1.44. The molecule has 0 saturated heterocycles. The number of hydrogen-bond acceptors (Lipinski definition) is 5. The van der Waals surface area contributed by atoms with Crippen LogP contribution in [0.3, 0.4) is 0 Å². The first-order chi connectivity index (χ1) is 9.53. The first kappa shape index (κ1) is 15.1. The second kappa shape index (κ2) is 6.85. The SMILES string of the molecule is COc1cc(/C=C/C=C(\C#N)C(N)=O)cc(OC)c1O. The van der Waals surface area contributed by atoms with Crippen molar-refractivity contribution in [1.82, 2.24) is 0 Å². The zero-order valence-corrected chi connectivity index (χ0v) is 11.1. The molecule has 0 fully saturated rings. The number of phenolic OH excluding ortho intramolecular Hbond substituents is 1. The number of amides is 1. The van der Waals surface area contributed by atoms with E-state index in [1.165, 1.54) is 26.4 Å². The predicted octanol–water partition coefficient (Wildman–Crippen LogP) is 1.36. The average molecular weight is 274 g/mol. The Balaban J connectivity index is 3.10. The molecule has 1 amide bonds. The molecule has 0 aromatic heterocycles. The summed E-state index contributed by atoms with van der Waals surface area (Å²) in [4.78, 5) is 10.8. The molecule has 6 heteroatoms. The predicted molar refractivity (Wildman–Crippen MR) is 73.1 cm³/mol. The Hall–Kier alpha value is -2.94. The molecule has 1 aromatic carbocycles. The standard InChI is InChI=1S/C14H14N2O4/c1-19-11-6-9(7-12(20-2)13(11)17)4-3-5-10(8-15)14(16)18/h3-7,17H,1-2H3,(H2,16,18)/b4-3+,10-5+. The Morgan fingerprint density at radius 2 is 1.90 bits per heavy atom. The Kier molecular flexibility index (Phi) is 5.18. The smallest absolute Gasteiger partial charge is 0.259 e. The summed E-state index contributed by atoms with van der Waals surface area (Å²) in [5, 5.41) is 18.4. The lowest BCUT2D eigenvalue weighted by atomic mass is 10.1. The summed E-state index contributed by atoms with van der Waals surface area (Å²) in [6.45, 7) is 0. The van der Waals surface area contributed by atoms with Crippen molar-refractivity contribution in [3.63, 3.8) is 0 Å². The van der Waals surface area contributed by atoms with Crippen LogP contribution in [0.4, 0.5) is 0 Å². The van der Waals surface area contributed by atoms with Gasteiger partial charge in [0.25, 0.3) is 5.91 Å². The van der Waals surface area contributed by atoms with Crippen LogP contribution in [0.15, 0.2) is 29.9 Å². The van der Waals surface area contributed by atoms with Gasteiger partial charge in [0.15, 0.2) is 11.5 Å². The second-order valence-corrected chi connectivity index (χ2v) is 3.69. The van der Waals surface area contributed by atoms with Crippen molar-refractivity contribution in [3.8, 4) is 23.3 Å². The van der Waals surface area contributed by atoms with Gasteiger partial charge in [-0.3, -0.25) is 4.79 Å². The van der Waals surface area contributed by atoms with Gasteiger partial charge in [-0.15, -0.1) is 0 Å². The summed E-state index contributed by atoms with van der Waals surface area (Å²) in [6.07, 6.45) is 4.41. The van der Waals surface area contributed by atoms with Crippen molar-refractivity contribution >= 4 is 12.0 Å². The molecular formula is C14H14N2O4. The van der Waals surface area contributed by atoms with E-state index in [0.717, 1.165) is 0 Å². The van der Waals surface area contributed by atoms with Gasteiger partial charge in [-0.05, 0) is 23.8 Å². The van der Waals surface area contributed by atoms with Gasteiger partial charge in [0.05, 0.1) is 14.2 Å². The van der Waals surface area contributed by atoms with Crippen LogP contribution in [0.5, 0.6) is 17.2 Å². The van der Waals surface area contributed by atoms with E-state index in [-0.39, 0.29) is 22.8 Å². The minimum absolute atomic E-state index is 0.0995. The van der Waals surface area contributed by atoms with Crippen LogP contribution in [0.2, 0.25) is 0 Å². The third kappa shape index (κ3) is 3.53. The molecule has 6 nitrogen and oxygen atoms in total. The van der Waals surface area contributed by atoms with Gasteiger partial charge >= 0.3 is 0 Å². The highest BCUT2D eigenvalue weighted by Gasteiger charge is 2.09. The molecule has 104 valence electrons. The average Bonchev–Trinajstić information content (AvgIpc) is 2.44. The second-order valence-electron chi connectivity index (χ2n) is 3.69. The number of methoxy groups -OCH3 is 2. The highest BCUT2D eigenvalue weighted by Crippen LogP contribution is 2.37. The van der Waals surface area contributed by atoms with E-state index in [1.54, 1.807) is 24.3 Å². The number of allylic oxidation sites excluding steroid dienone is 2.